The molecule has 0 N–H and O–H groups in total. The molecule has 1 saturated heterocycles. The topological polar surface area (TPSA) is 23.6 Å². The number of hydrogen-bond donors (Lipinski definition) is 0. The highest BCUT2D eigenvalue weighted by Crippen LogP contribution is 2.26. The molecule has 1 fully saturated rings. The van der Waals surface area contributed by atoms with Crippen molar-refractivity contribution >= 4 is 5.91 Å². The largest absolute Gasteiger partial charge is 0.347 e. The third kappa shape index (κ3) is 2.27. The van der Waals surface area contributed by atoms with Gasteiger partial charge in [0.15, 0.2) is 0 Å². The molecule has 3 heteroatoms. The molecule has 0 radical (unpaired) electrons. The van der Waals surface area contributed by atoms with Crippen LogP contribution in [-0.4, -0.2) is 47.9 Å². The molecule has 0 aromatic rings. The molecule has 1 atom stereocenters. The SMILES string of the molecule is CN(C)C(=O)[C@@H]1CCCN1C(C)(C)C. The lowest BCUT2D eigenvalue weighted by atomic mass is 10.0. The zero-order chi connectivity index (χ0) is 10.9. The van der Waals surface area contributed by atoms with Crippen LogP contribution in [0.2, 0.25) is 0 Å². The van der Waals surface area contributed by atoms with E-state index in [9.17, 15) is 4.79 Å². The van der Waals surface area contributed by atoms with E-state index in [0.29, 0.717) is 0 Å². The molecule has 0 aliphatic carbocycles. The first kappa shape index (κ1) is 11.5. The molecule has 0 unspecified atom stereocenters. The van der Waals surface area contributed by atoms with Gasteiger partial charge in [0.2, 0.25) is 5.91 Å². The van der Waals surface area contributed by atoms with Crippen molar-refractivity contribution in [1.82, 2.24) is 9.80 Å². The van der Waals surface area contributed by atoms with E-state index in [1.54, 1.807) is 4.90 Å². The number of hydrogen-bond acceptors (Lipinski definition) is 2. The summed E-state index contributed by atoms with van der Waals surface area (Å²) in [6.45, 7) is 7.57. The molecule has 1 rings (SSSR count). The highest BCUT2D eigenvalue weighted by Gasteiger charge is 2.37. The molecule has 0 bridgehead atoms. The van der Waals surface area contributed by atoms with Gasteiger partial charge in [-0.3, -0.25) is 9.69 Å². The Labute approximate surface area is 87.1 Å². The molecular formula is C11H22N2O. The monoisotopic (exact) mass is 198 g/mol. The molecule has 1 amide bonds. The highest BCUT2D eigenvalue weighted by molar-refractivity contribution is 5.81. The molecule has 1 aliphatic heterocycles. The Hall–Kier alpha value is -0.570. The Kier molecular flexibility index (Phi) is 3.20. The van der Waals surface area contributed by atoms with E-state index in [0.717, 1.165) is 19.4 Å². The van der Waals surface area contributed by atoms with Crippen LogP contribution in [0.1, 0.15) is 33.6 Å². The van der Waals surface area contributed by atoms with Gasteiger partial charge in [-0.15, -0.1) is 0 Å². The Morgan fingerprint density at radius 1 is 1.36 bits per heavy atom. The molecule has 0 aromatic carbocycles. The van der Waals surface area contributed by atoms with Gasteiger partial charge in [-0.2, -0.15) is 0 Å². The minimum absolute atomic E-state index is 0.102. The summed E-state index contributed by atoms with van der Waals surface area (Å²) in [4.78, 5) is 15.9. The smallest absolute Gasteiger partial charge is 0.239 e. The average molecular weight is 198 g/mol. The summed E-state index contributed by atoms with van der Waals surface area (Å²) in [6, 6.07) is 0.102. The van der Waals surface area contributed by atoms with Crippen LogP contribution < -0.4 is 0 Å². The lowest BCUT2D eigenvalue weighted by Gasteiger charge is -2.37. The third-order valence-corrected chi connectivity index (χ3v) is 2.84. The molecule has 0 spiro atoms. The average Bonchev–Trinajstić information content (AvgIpc) is 2.48. The van der Waals surface area contributed by atoms with Crippen molar-refractivity contribution in [3.05, 3.63) is 0 Å². The molecule has 0 aromatic heterocycles. The Bertz CT molecular complexity index is 218. The third-order valence-electron chi connectivity index (χ3n) is 2.84. The number of likely N-dealkylation sites (N-methyl/N-ethyl adjacent to an activating group) is 1. The summed E-state index contributed by atoms with van der Waals surface area (Å²) in [7, 11) is 3.67. The number of amides is 1. The first-order valence-corrected chi connectivity index (χ1v) is 5.32. The van der Waals surface area contributed by atoms with E-state index in [4.69, 9.17) is 0 Å². The highest BCUT2D eigenvalue weighted by atomic mass is 16.2. The number of nitrogens with zero attached hydrogens (tertiary/aromatic N) is 2. The van der Waals surface area contributed by atoms with Gasteiger partial charge in [-0.05, 0) is 40.2 Å². The van der Waals surface area contributed by atoms with Crippen LogP contribution in [0.5, 0.6) is 0 Å². The number of carbonyl (C=O) groups is 1. The van der Waals surface area contributed by atoms with E-state index in [1.165, 1.54) is 0 Å². The van der Waals surface area contributed by atoms with Crippen molar-refractivity contribution < 1.29 is 4.79 Å². The summed E-state index contributed by atoms with van der Waals surface area (Å²) in [5.74, 6) is 0.248. The van der Waals surface area contributed by atoms with Crippen molar-refractivity contribution in [2.45, 2.75) is 45.2 Å². The molecule has 82 valence electrons. The van der Waals surface area contributed by atoms with Crippen LogP contribution in [0, 0.1) is 0 Å². The van der Waals surface area contributed by atoms with Gasteiger partial charge < -0.3 is 4.90 Å². The first-order chi connectivity index (χ1) is 6.34. The van der Waals surface area contributed by atoms with Crippen molar-refractivity contribution in [2.24, 2.45) is 0 Å². The summed E-state index contributed by atoms with van der Waals surface area (Å²) in [6.07, 6.45) is 2.15. The first-order valence-electron chi connectivity index (χ1n) is 5.32. The minimum Gasteiger partial charge on any atom is -0.347 e. The maximum atomic E-state index is 11.9. The van der Waals surface area contributed by atoms with Crippen LogP contribution in [0.3, 0.4) is 0 Å². The maximum absolute atomic E-state index is 11.9. The van der Waals surface area contributed by atoms with E-state index in [-0.39, 0.29) is 17.5 Å². The number of likely N-dealkylation sites (tertiary alicyclic amines) is 1. The quantitative estimate of drug-likeness (QED) is 0.635. The predicted molar refractivity (Wildman–Crippen MR) is 58.2 cm³/mol. The zero-order valence-electron chi connectivity index (χ0n) is 10.0. The van der Waals surface area contributed by atoms with Gasteiger partial charge >= 0.3 is 0 Å². The van der Waals surface area contributed by atoms with E-state index in [1.807, 2.05) is 14.1 Å². The van der Waals surface area contributed by atoms with Crippen LogP contribution >= 0.6 is 0 Å². The molecular weight excluding hydrogens is 176 g/mol. The summed E-state index contributed by atoms with van der Waals surface area (Å²) >= 11 is 0. The molecule has 3 nitrogen and oxygen atoms in total. The number of rotatable bonds is 1. The van der Waals surface area contributed by atoms with Gasteiger partial charge in [0.25, 0.3) is 0 Å². The molecule has 0 saturated carbocycles. The molecule has 14 heavy (non-hydrogen) atoms. The fourth-order valence-corrected chi connectivity index (χ4v) is 2.12. The second kappa shape index (κ2) is 3.89. The summed E-state index contributed by atoms with van der Waals surface area (Å²) in [5.41, 5.74) is 0.104. The van der Waals surface area contributed by atoms with Crippen molar-refractivity contribution in [2.75, 3.05) is 20.6 Å². The van der Waals surface area contributed by atoms with Crippen molar-refractivity contribution in [3.63, 3.8) is 0 Å². The van der Waals surface area contributed by atoms with E-state index < -0.39 is 0 Å². The standard InChI is InChI=1S/C11H22N2O/c1-11(2,3)13-8-6-7-9(13)10(14)12(4)5/h9H,6-8H2,1-5H3/t9-/m0/s1. The van der Waals surface area contributed by atoms with Gasteiger partial charge in [0.1, 0.15) is 0 Å². The maximum Gasteiger partial charge on any atom is 0.239 e. The minimum atomic E-state index is 0.102. The van der Waals surface area contributed by atoms with Crippen molar-refractivity contribution in [3.8, 4) is 0 Å². The van der Waals surface area contributed by atoms with Gasteiger partial charge in [0.05, 0.1) is 6.04 Å². The second-order valence-electron chi connectivity index (χ2n) is 5.25. The Morgan fingerprint density at radius 2 is 1.93 bits per heavy atom. The molecule has 1 aliphatic rings. The van der Waals surface area contributed by atoms with Gasteiger partial charge in [0, 0.05) is 19.6 Å². The van der Waals surface area contributed by atoms with Gasteiger partial charge in [-0.25, -0.2) is 0 Å². The van der Waals surface area contributed by atoms with E-state index in [2.05, 4.69) is 25.7 Å². The fourth-order valence-electron chi connectivity index (χ4n) is 2.12. The summed E-state index contributed by atoms with van der Waals surface area (Å²) < 4.78 is 0. The second-order valence-corrected chi connectivity index (χ2v) is 5.25. The fraction of sp³-hybridized carbons (Fsp3) is 0.909. The van der Waals surface area contributed by atoms with Gasteiger partial charge in [-0.1, -0.05) is 0 Å². The van der Waals surface area contributed by atoms with Crippen LogP contribution in [0.4, 0.5) is 0 Å². The molecule has 1 heterocycles. The van der Waals surface area contributed by atoms with Crippen LogP contribution in [-0.2, 0) is 4.79 Å². The summed E-state index contributed by atoms with van der Waals surface area (Å²) in [5, 5.41) is 0. The van der Waals surface area contributed by atoms with Crippen LogP contribution in [0.25, 0.3) is 0 Å². The van der Waals surface area contributed by atoms with Crippen molar-refractivity contribution in [1.29, 1.82) is 0 Å². The zero-order valence-corrected chi connectivity index (χ0v) is 10.0. The lowest BCUT2D eigenvalue weighted by Crippen LogP contribution is -2.50. The van der Waals surface area contributed by atoms with E-state index >= 15 is 0 Å². The Balaban J connectivity index is 2.74. The van der Waals surface area contributed by atoms with Crippen LogP contribution in [0.15, 0.2) is 0 Å². The Morgan fingerprint density at radius 3 is 2.36 bits per heavy atom. The predicted octanol–water partition coefficient (Wildman–Crippen LogP) is 1.34. The lowest BCUT2D eigenvalue weighted by molar-refractivity contribution is -0.135. The number of carbonyl (C=O) groups excluding carboxylic acids is 1. The normalized spacial score (nSPS) is 23.9.